The fourth-order valence-electron chi connectivity index (χ4n) is 2.67. The number of nitrogens with zero attached hydrogens (tertiary/aromatic N) is 2. The Morgan fingerprint density at radius 1 is 1.09 bits per heavy atom. The van der Waals surface area contributed by atoms with Gasteiger partial charge in [-0.15, -0.1) is 0 Å². The maximum atomic E-state index is 3.14. The van der Waals surface area contributed by atoms with Crippen molar-refractivity contribution in [2.24, 2.45) is 0 Å². The van der Waals surface area contributed by atoms with Crippen LogP contribution in [0.1, 0.15) is 5.56 Å². The standard InChI is InChI=1S/C17H21N3P2/c1-18-14-6-8-15(9-7-14)19(21)11-10-13-12-20(22)17-5-3-2-4-16(13)17/h2-9,12,18H,10-11,21-22H2,1H3. The monoisotopic (exact) mass is 329 g/mol. The minimum Gasteiger partial charge on any atom is -0.388 e. The van der Waals surface area contributed by atoms with Crippen LogP contribution < -0.4 is 9.99 Å². The summed E-state index contributed by atoms with van der Waals surface area (Å²) in [5.41, 5.74) is 4.98. The van der Waals surface area contributed by atoms with E-state index >= 15 is 0 Å². The number of anilines is 2. The highest BCUT2D eigenvalue weighted by molar-refractivity contribution is 7.19. The van der Waals surface area contributed by atoms with Crippen LogP contribution in [0.2, 0.25) is 0 Å². The molecule has 0 saturated heterocycles. The average molecular weight is 329 g/mol. The van der Waals surface area contributed by atoms with Crippen LogP contribution in [0.3, 0.4) is 0 Å². The molecule has 2 aromatic carbocycles. The Morgan fingerprint density at radius 3 is 2.55 bits per heavy atom. The molecule has 0 saturated carbocycles. The van der Waals surface area contributed by atoms with E-state index in [4.69, 9.17) is 0 Å². The molecule has 2 atom stereocenters. The molecule has 3 rings (SSSR count). The molecule has 1 heterocycles. The molecule has 0 aliphatic heterocycles. The van der Waals surface area contributed by atoms with E-state index in [0.29, 0.717) is 0 Å². The lowest BCUT2D eigenvalue weighted by Crippen LogP contribution is -2.13. The normalized spacial score (nSPS) is 10.9. The number of fused-ring (bicyclic) bond motifs is 1. The van der Waals surface area contributed by atoms with Crippen molar-refractivity contribution in [1.82, 2.24) is 4.34 Å². The molecule has 3 aromatic rings. The summed E-state index contributed by atoms with van der Waals surface area (Å²) in [7, 11) is 7.52. The van der Waals surface area contributed by atoms with Crippen molar-refractivity contribution in [2.75, 3.05) is 23.6 Å². The maximum absolute atomic E-state index is 3.14. The van der Waals surface area contributed by atoms with E-state index in [-0.39, 0.29) is 0 Å². The van der Waals surface area contributed by atoms with Gasteiger partial charge in [-0.05, 0) is 61.1 Å². The van der Waals surface area contributed by atoms with Crippen LogP contribution >= 0.6 is 18.8 Å². The molecule has 0 amide bonds. The number of nitrogens with one attached hydrogen (secondary N) is 1. The summed E-state index contributed by atoms with van der Waals surface area (Å²) in [4.78, 5) is 0. The van der Waals surface area contributed by atoms with Gasteiger partial charge >= 0.3 is 0 Å². The van der Waals surface area contributed by atoms with Gasteiger partial charge in [0.1, 0.15) is 0 Å². The lowest BCUT2D eigenvalue weighted by Gasteiger charge is -2.19. The number of aromatic nitrogens is 1. The van der Waals surface area contributed by atoms with Crippen molar-refractivity contribution in [3.63, 3.8) is 0 Å². The van der Waals surface area contributed by atoms with Gasteiger partial charge in [-0.3, -0.25) is 0 Å². The van der Waals surface area contributed by atoms with Gasteiger partial charge in [-0.25, -0.2) is 0 Å². The Bertz CT molecular complexity index is 765. The summed E-state index contributed by atoms with van der Waals surface area (Å²) in [6.07, 6.45) is 3.22. The number of benzene rings is 2. The van der Waals surface area contributed by atoms with E-state index in [1.165, 1.54) is 22.2 Å². The first-order valence-corrected chi connectivity index (χ1v) is 8.36. The third-order valence-corrected chi connectivity index (χ3v) is 4.92. The van der Waals surface area contributed by atoms with E-state index in [2.05, 4.69) is 87.8 Å². The van der Waals surface area contributed by atoms with Crippen molar-refractivity contribution in [1.29, 1.82) is 0 Å². The molecule has 3 nitrogen and oxygen atoms in total. The third-order valence-electron chi connectivity index (χ3n) is 3.93. The topological polar surface area (TPSA) is 20.2 Å². The third kappa shape index (κ3) is 3.11. The second kappa shape index (κ2) is 6.69. The molecule has 0 spiro atoms. The predicted molar refractivity (Wildman–Crippen MR) is 104 cm³/mol. The highest BCUT2D eigenvalue weighted by atomic mass is 31.0. The summed E-state index contributed by atoms with van der Waals surface area (Å²) in [5, 5.41) is 4.48. The lowest BCUT2D eigenvalue weighted by molar-refractivity contribution is 0.970. The van der Waals surface area contributed by atoms with Crippen molar-refractivity contribution < 1.29 is 0 Å². The van der Waals surface area contributed by atoms with Gasteiger partial charge in [0.2, 0.25) is 0 Å². The zero-order valence-electron chi connectivity index (χ0n) is 12.7. The van der Waals surface area contributed by atoms with Crippen LogP contribution in [0.15, 0.2) is 54.7 Å². The average Bonchev–Trinajstić information content (AvgIpc) is 2.89. The number of para-hydroxylation sites is 1. The molecule has 0 radical (unpaired) electrons. The second-order valence-electron chi connectivity index (χ2n) is 5.32. The van der Waals surface area contributed by atoms with Crippen molar-refractivity contribution in [3.8, 4) is 0 Å². The highest BCUT2D eigenvalue weighted by Gasteiger charge is 2.07. The van der Waals surface area contributed by atoms with Crippen LogP contribution in [-0.4, -0.2) is 17.9 Å². The Labute approximate surface area is 136 Å². The minimum atomic E-state index is 0.961. The Balaban J connectivity index is 1.73. The lowest BCUT2D eigenvalue weighted by atomic mass is 10.1. The van der Waals surface area contributed by atoms with E-state index in [0.717, 1.165) is 18.7 Å². The first-order chi connectivity index (χ1) is 10.7. The van der Waals surface area contributed by atoms with Crippen LogP contribution in [-0.2, 0) is 6.42 Å². The number of hydrogen-bond acceptors (Lipinski definition) is 2. The molecular formula is C17H21N3P2. The van der Waals surface area contributed by atoms with Gasteiger partial charge in [0.15, 0.2) is 0 Å². The largest absolute Gasteiger partial charge is 0.388 e. The minimum absolute atomic E-state index is 0.961. The Kier molecular flexibility index (Phi) is 4.66. The van der Waals surface area contributed by atoms with Crippen molar-refractivity contribution in [2.45, 2.75) is 6.42 Å². The first-order valence-electron chi connectivity index (χ1n) is 7.33. The summed E-state index contributed by atoms with van der Waals surface area (Å²) < 4.78 is 4.34. The number of hydrogen-bond donors (Lipinski definition) is 1. The summed E-state index contributed by atoms with van der Waals surface area (Å²) >= 11 is 0. The fraction of sp³-hybridized carbons (Fsp3) is 0.176. The molecular weight excluding hydrogens is 308 g/mol. The fourth-order valence-corrected chi connectivity index (χ4v) is 3.37. The van der Waals surface area contributed by atoms with Crippen LogP contribution in [0, 0.1) is 0 Å². The van der Waals surface area contributed by atoms with E-state index in [1.807, 2.05) is 7.05 Å². The van der Waals surface area contributed by atoms with Gasteiger partial charge in [0.05, 0.1) is 5.52 Å². The maximum Gasteiger partial charge on any atom is 0.0512 e. The van der Waals surface area contributed by atoms with Crippen molar-refractivity contribution in [3.05, 3.63) is 60.3 Å². The zero-order chi connectivity index (χ0) is 15.5. The van der Waals surface area contributed by atoms with Gasteiger partial charge < -0.3 is 14.3 Å². The summed E-state index contributed by atoms with van der Waals surface area (Å²) in [6.45, 7) is 0.961. The van der Waals surface area contributed by atoms with E-state index < -0.39 is 0 Å². The molecule has 22 heavy (non-hydrogen) atoms. The smallest absolute Gasteiger partial charge is 0.0512 e. The molecule has 114 valence electrons. The molecule has 1 aromatic heterocycles. The number of rotatable bonds is 5. The van der Waals surface area contributed by atoms with Crippen molar-refractivity contribution >= 4 is 41.1 Å². The summed E-state index contributed by atoms with van der Waals surface area (Å²) in [5.74, 6) is 0. The zero-order valence-corrected chi connectivity index (χ0v) is 15.0. The van der Waals surface area contributed by atoms with Gasteiger partial charge in [-0.1, -0.05) is 18.2 Å². The Hall–Kier alpha value is -1.56. The molecule has 2 unspecified atom stereocenters. The molecule has 1 N–H and O–H groups in total. The highest BCUT2D eigenvalue weighted by Crippen LogP contribution is 2.25. The SMILES string of the molecule is CNc1ccc(N(P)CCc2cn(P)c3ccccc23)cc1. The quantitative estimate of drug-likeness (QED) is 0.709. The molecule has 0 fully saturated rings. The van der Waals surface area contributed by atoms with Gasteiger partial charge in [-0.2, -0.15) is 0 Å². The molecule has 0 aliphatic rings. The van der Waals surface area contributed by atoms with Gasteiger partial charge in [0, 0.05) is 36.6 Å². The van der Waals surface area contributed by atoms with Crippen LogP contribution in [0.25, 0.3) is 10.9 Å². The van der Waals surface area contributed by atoms with Gasteiger partial charge in [0.25, 0.3) is 0 Å². The molecule has 0 aliphatic carbocycles. The molecule has 0 bridgehead atoms. The van der Waals surface area contributed by atoms with E-state index in [9.17, 15) is 0 Å². The second-order valence-corrected chi connectivity index (χ2v) is 6.50. The molecule has 5 heteroatoms. The van der Waals surface area contributed by atoms with E-state index in [1.54, 1.807) is 0 Å². The predicted octanol–water partition coefficient (Wildman–Crippen LogP) is 4.16. The van der Waals surface area contributed by atoms with Crippen LogP contribution in [0.5, 0.6) is 0 Å². The Morgan fingerprint density at radius 2 is 1.82 bits per heavy atom. The van der Waals surface area contributed by atoms with Crippen LogP contribution in [0.4, 0.5) is 11.4 Å². The summed E-state index contributed by atoms with van der Waals surface area (Å²) in [6, 6.07) is 17.0. The first kappa shape index (κ1) is 15.3.